The number of aliphatic hydroxyl groups excluding tert-OH is 1. The predicted molar refractivity (Wildman–Crippen MR) is 174 cm³/mol. The van der Waals surface area contributed by atoms with E-state index in [9.17, 15) is 5.11 Å². The van der Waals surface area contributed by atoms with E-state index in [2.05, 4.69) is 104 Å². The molecule has 0 bridgehead atoms. The van der Waals surface area contributed by atoms with E-state index in [1.165, 1.54) is 38.5 Å². The molecule has 4 aliphatic rings. The van der Waals surface area contributed by atoms with E-state index in [0.717, 1.165) is 47.3 Å². The molecule has 1 N–H and O–H groups in total. The van der Waals surface area contributed by atoms with Crippen LogP contribution in [0.1, 0.15) is 142 Å². The number of aliphatic hydroxyl groups is 1. The Morgan fingerprint density at radius 1 is 0.800 bits per heavy atom. The van der Waals surface area contributed by atoms with Gasteiger partial charge in [0.05, 0.1) is 6.10 Å². The minimum atomic E-state index is -0.214. The normalized spacial score (nSPS) is 54.6. The maximum Gasteiger partial charge on any atom is 0.0545 e. The Morgan fingerprint density at radius 3 is 1.95 bits per heavy atom. The molecule has 0 heterocycles. The van der Waals surface area contributed by atoms with E-state index in [4.69, 9.17) is 0 Å². The van der Waals surface area contributed by atoms with Gasteiger partial charge in [-0.3, -0.25) is 0 Å². The lowest BCUT2D eigenvalue weighted by Gasteiger charge is -2.77. The SMILES string of the molecule is CC(CCC1CCC(C)C2C(C)C3C(C)C4(C)C(C)C(C(C)O)C(C)CC4(C)C(C)C3(C)C(C)C12)CC(C)(C)C. The van der Waals surface area contributed by atoms with Crippen LogP contribution in [-0.4, -0.2) is 11.2 Å². The zero-order chi connectivity index (χ0) is 30.3. The summed E-state index contributed by atoms with van der Waals surface area (Å²) in [6, 6.07) is 0. The van der Waals surface area contributed by atoms with E-state index in [1.807, 2.05) is 0 Å². The first-order valence-electron chi connectivity index (χ1n) is 17.9. The highest BCUT2D eigenvalue weighted by Gasteiger charge is 2.73. The van der Waals surface area contributed by atoms with Crippen molar-refractivity contribution < 1.29 is 5.11 Å². The number of hydrogen-bond acceptors (Lipinski definition) is 1. The third-order valence-electron chi connectivity index (χ3n) is 16.2. The highest BCUT2D eigenvalue weighted by Crippen LogP contribution is 2.78. The van der Waals surface area contributed by atoms with Crippen molar-refractivity contribution in [1.29, 1.82) is 0 Å². The molecule has 4 rings (SSSR count). The Labute approximate surface area is 251 Å². The fourth-order valence-electron chi connectivity index (χ4n) is 14.3. The van der Waals surface area contributed by atoms with Gasteiger partial charge in [0.2, 0.25) is 0 Å². The number of rotatable bonds is 5. The Hall–Kier alpha value is -0.0400. The lowest BCUT2D eigenvalue weighted by atomic mass is 9.28. The summed E-state index contributed by atoms with van der Waals surface area (Å²) in [6.07, 6.45) is 8.18. The summed E-state index contributed by atoms with van der Waals surface area (Å²) in [5.74, 6) is 9.60. The largest absolute Gasteiger partial charge is 0.393 e. The minimum Gasteiger partial charge on any atom is -0.393 e. The van der Waals surface area contributed by atoms with Crippen molar-refractivity contribution in [3.05, 3.63) is 0 Å². The molecule has 0 aliphatic heterocycles. The zero-order valence-corrected chi connectivity index (χ0v) is 29.8. The molecule has 0 radical (unpaired) electrons. The monoisotopic (exact) mass is 557 g/mol. The Kier molecular flexibility index (Phi) is 8.91. The first kappa shape index (κ1) is 32.9. The first-order valence-corrected chi connectivity index (χ1v) is 17.9. The molecule has 40 heavy (non-hydrogen) atoms. The van der Waals surface area contributed by atoms with Crippen LogP contribution >= 0.6 is 0 Å². The third kappa shape index (κ3) is 4.71. The lowest BCUT2D eigenvalue weighted by molar-refractivity contribution is -0.295. The van der Waals surface area contributed by atoms with Crippen LogP contribution in [0.3, 0.4) is 0 Å². The van der Waals surface area contributed by atoms with Gasteiger partial charge < -0.3 is 5.11 Å². The summed E-state index contributed by atoms with van der Waals surface area (Å²) in [6.45, 7) is 38.5. The van der Waals surface area contributed by atoms with E-state index < -0.39 is 0 Å². The molecule has 4 saturated carbocycles. The second-order valence-corrected chi connectivity index (χ2v) is 19.0. The van der Waals surface area contributed by atoms with Crippen molar-refractivity contribution in [1.82, 2.24) is 0 Å². The molecule has 1 nitrogen and oxygen atoms in total. The third-order valence-corrected chi connectivity index (χ3v) is 16.2. The molecular formula is C39H72O. The Bertz CT molecular complexity index is 884. The minimum absolute atomic E-state index is 0.214. The smallest absolute Gasteiger partial charge is 0.0545 e. The van der Waals surface area contributed by atoms with E-state index in [-0.39, 0.29) is 11.5 Å². The molecule has 0 aromatic rings. The summed E-state index contributed by atoms with van der Waals surface area (Å²) >= 11 is 0. The molecule has 0 amide bonds. The molecule has 4 aliphatic carbocycles. The van der Waals surface area contributed by atoms with Crippen molar-refractivity contribution in [3.8, 4) is 0 Å². The van der Waals surface area contributed by atoms with Crippen LogP contribution in [0.2, 0.25) is 0 Å². The number of fused-ring (bicyclic) bond motifs is 3. The topological polar surface area (TPSA) is 20.2 Å². The lowest BCUT2D eigenvalue weighted by Crippen LogP contribution is -2.72. The molecule has 0 aromatic heterocycles. The Balaban J connectivity index is 1.73. The van der Waals surface area contributed by atoms with Gasteiger partial charge in [-0.05, 0) is 131 Å². The average Bonchev–Trinajstić information content (AvgIpc) is 2.82. The van der Waals surface area contributed by atoms with Crippen LogP contribution in [-0.2, 0) is 0 Å². The molecule has 17 atom stereocenters. The second kappa shape index (κ2) is 10.8. The van der Waals surface area contributed by atoms with Gasteiger partial charge in [0.15, 0.2) is 0 Å². The molecule has 0 aromatic carbocycles. The van der Waals surface area contributed by atoms with Crippen LogP contribution in [0.4, 0.5) is 0 Å². The van der Waals surface area contributed by atoms with Crippen molar-refractivity contribution in [2.24, 2.45) is 98.6 Å². The van der Waals surface area contributed by atoms with Gasteiger partial charge in [-0.2, -0.15) is 0 Å². The first-order chi connectivity index (χ1) is 18.2. The van der Waals surface area contributed by atoms with Crippen LogP contribution < -0.4 is 0 Å². The van der Waals surface area contributed by atoms with Gasteiger partial charge in [-0.15, -0.1) is 0 Å². The maximum atomic E-state index is 11.0. The molecule has 1 heteroatoms. The van der Waals surface area contributed by atoms with Gasteiger partial charge in [0.25, 0.3) is 0 Å². The summed E-state index contributed by atoms with van der Waals surface area (Å²) in [4.78, 5) is 0. The van der Waals surface area contributed by atoms with E-state index in [1.54, 1.807) is 0 Å². The molecule has 0 spiro atoms. The maximum absolute atomic E-state index is 11.0. The van der Waals surface area contributed by atoms with Crippen molar-refractivity contribution in [2.75, 3.05) is 0 Å². The molecular weight excluding hydrogens is 484 g/mol. The van der Waals surface area contributed by atoms with Crippen LogP contribution in [0, 0.1) is 98.6 Å². The van der Waals surface area contributed by atoms with Crippen LogP contribution in [0.5, 0.6) is 0 Å². The molecule has 4 fully saturated rings. The van der Waals surface area contributed by atoms with Crippen LogP contribution in [0.15, 0.2) is 0 Å². The standard InChI is InChI=1S/C39H72O/c1-22(20-36(10,11)12)16-18-31-19-17-23(2)32-25(4)35-28(7)39(15)27(6)33(29(8)40)24(3)21-37(39,13)30(9)38(35,14)26(5)34(31)32/h22-35,40H,16-21H2,1-15H3. The van der Waals surface area contributed by atoms with E-state index in [0.29, 0.717) is 45.8 Å². The Morgan fingerprint density at radius 2 is 1.40 bits per heavy atom. The molecule has 234 valence electrons. The highest BCUT2D eigenvalue weighted by molar-refractivity contribution is 5.20. The fourth-order valence-corrected chi connectivity index (χ4v) is 14.3. The van der Waals surface area contributed by atoms with Crippen molar-refractivity contribution in [2.45, 2.75) is 148 Å². The van der Waals surface area contributed by atoms with Gasteiger partial charge >= 0.3 is 0 Å². The summed E-state index contributed by atoms with van der Waals surface area (Å²) < 4.78 is 0. The van der Waals surface area contributed by atoms with Crippen molar-refractivity contribution >= 4 is 0 Å². The van der Waals surface area contributed by atoms with Gasteiger partial charge in [-0.25, -0.2) is 0 Å². The molecule has 0 saturated heterocycles. The zero-order valence-electron chi connectivity index (χ0n) is 29.8. The summed E-state index contributed by atoms with van der Waals surface area (Å²) in [7, 11) is 0. The van der Waals surface area contributed by atoms with Crippen LogP contribution in [0.25, 0.3) is 0 Å². The van der Waals surface area contributed by atoms with Gasteiger partial charge in [0, 0.05) is 0 Å². The molecule has 17 unspecified atom stereocenters. The summed E-state index contributed by atoms with van der Waals surface area (Å²) in [5.41, 5.74) is 1.37. The van der Waals surface area contributed by atoms with Crippen molar-refractivity contribution in [3.63, 3.8) is 0 Å². The van der Waals surface area contributed by atoms with E-state index >= 15 is 0 Å². The second-order valence-electron chi connectivity index (χ2n) is 19.0. The summed E-state index contributed by atoms with van der Waals surface area (Å²) in [5, 5.41) is 11.0. The van der Waals surface area contributed by atoms with Gasteiger partial charge in [0.1, 0.15) is 0 Å². The van der Waals surface area contributed by atoms with Gasteiger partial charge in [-0.1, -0.05) is 110 Å². The fraction of sp³-hybridized carbons (Fsp3) is 1.00. The quantitative estimate of drug-likeness (QED) is 0.357. The predicted octanol–water partition coefficient (Wildman–Crippen LogP) is 11.0. The number of hydrogen-bond donors (Lipinski definition) is 1. The highest BCUT2D eigenvalue weighted by atomic mass is 16.3. The average molecular weight is 557 g/mol.